The molecule has 1 atom stereocenters. The van der Waals surface area contributed by atoms with Gasteiger partial charge in [-0.2, -0.15) is 0 Å². The van der Waals surface area contributed by atoms with Crippen LogP contribution in [-0.2, 0) is 16.0 Å². The summed E-state index contributed by atoms with van der Waals surface area (Å²) in [6, 6.07) is 4.80. The van der Waals surface area contributed by atoms with E-state index in [2.05, 4.69) is 14.8 Å². The average molecular weight is 261 g/mol. The number of methoxy groups -OCH3 is 2. The van der Waals surface area contributed by atoms with Crippen LogP contribution in [0.15, 0.2) is 23.3 Å². The molecule has 98 valence electrons. The zero-order chi connectivity index (χ0) is 14.0. The molecule has 1 aromatic rings. The van der Waals surface area contributed by atoms with Crippen molar-refractivity contribution >= 4 is 11.8 Å². The first-order valence-electron chi connectivity index (χ1n) is 5.45. The number of fused-ring (bicyclic) bond motifs is 1. The predicted molar refractivity (Wildman–Crippen MR) is 64.9 cm³/mol. The Morgan fingerprint density at radius 2 is 2.21 bits per heavy atom. The van der Waals surface area contributed by atoms with Crippen molar-refractivity contribution in [1.82, 2.24) is 0 Å². The smallest absolute Gasteiger partial charge is 0.326 e. The third-order valence-electron chi connectivity index (χ3n) is 3.12. The molecule has 0 saturated carbocycles. The Morgan fingerprint density at radius 1 is 1.47 bits per heavy atom. The van der Waals surface area contributed by atoms with Gasteiger partial charge in [0, 0.05) is 16.9 Å². The topological polar surface area (TPSA) is 101 Å². The van der Waals surface area contributed by atoms with Gasteiger partial charge < -0.3 is 9.47 Å². The van der Waals surface area contributed by atoms with Crippen molar-refractivity contribution in [1.29, 1.82) is 0 Å². The molecule has 1 aliphatic carbocycles. The second-order valence-electron chi connectivity index (χ2n) is 4.07. The maximum absolute atomic E-state index is 12.3. The average Bonchev–Trinajstić information content (AvgIpc) is 2.71. The van der Waals surface area contributed by atoms with Crippen LogP contribution in [0.1, 0.15) is 15.9 Å². The molecular formula is C12H11N3O4. The Kier molecular flexibility index (Phi) is 3.14. The summed E-state index contributed by atoms with van der Waals surface area (Å²) in [5.41, 5.74) is 7.72. The minimum absolute atomic E-state index is 0.0188. The highest BCUT2D eigenvalue weighted by Gasteiger charge is 2.52. The SMILES string of the molecule is COC(=O)[C@@]1(N=[N+]=[N-])Cc2cc(OC)ccc2C1=O. The maximum Gasteiger partial charge on any atom is 0.326 e. The van der Waals surface area contributed by atoms with Crippen molar-refractivity contribution in [3.63, 3.8) is 0 Å². The first-order valence-corrected chi connectivity index (χ1v) is 5.45. The summed E-state index contributed by atoms with van der Waals surface area (Å²) in [6.07, 6.45) is -0.0188. The van der Waals surface area contributed by atoms with Crippen molar-refractivity contribution in [3.8, 4) is 5.75 Å². The highest BCUT2D eigenvalue weighted by Crippen LogP contribution is 2.36. The lowest BCUT2D eigenvalue weighted by molar-refractivity contribution is -0.144. The number of benzene rings is 1. The molecule has 0 saturated heterocycles. The molecule has 0 N–H and O–H groups in total. The second-order valence-corrected chi connectivity index (χ2v) is 4.07. The number of azide groups is 1. The summed E-state index contributed by atoms with van der Waals surface area (Å²) in [6.45, 7) is 0. The summed E-state index contributed by atoms with van der Waals surface area (Å²) in [5, 5.41) is 3.39. The van der Waals surface area contributed by atoms with Crippen LogP contribution in [0.4, 0.5) is 0 Å². The standard InChI is InChI=1S/C12H11N3O4/c1-18-8-3-4-9-7(5-8)6-12(10(9)16,14-15-13)11(17)19-2/h3-5H,6H2,1-2H3/t12-/m1/s1. The van der Waals surface area contributed by atoms with Gasteiger partial charge in [-0.15, -0.1) is 0 Å². The highest BCUT2D eigenvalue weighted by atomic mass is 16.5. The molecule has 0 unspecified atom stereocenters. The monoisotopic (exact) mass is 261 g/mol. The van der Waals surface area contributed by atoms with Crippen LogP contribution in [0.5, 0.6) is 5.75 Å². The van der Waals surface area contributed by atoms with E-state index in [1.807, 2.05) is 0 Å². The molecule has 0 heterocycles. The third kappa shape index (κ3) is 1.80. The number of ketones is 1. The van der Waals surface area contributed by atoms with Crippen LogP contribution in [0.3, 0.4) is 0 Å². The number of hydrogen-bond donors (Lipinski definition) is 0. The molecule has 0 bridgehead atoms. The molecule has 0 aliphatic heterocycles. The largest absolute Gasteiger partial charge is 0.497 e. The molecule has 0 aromatic heterocycles. The molecule has 0 spiro atoms. The van der Waals surface area contributed by atoms with Crippen LogP contribution < -0.4 is 4.74 Å². The Labute approximate surface area is 108 Å². The lowest BCUT2D eigenvalue weighted by atomic mass is 9.96. The molecule has 1 aromatic carbocycles. The van der Waals surface area contributed by atoms with Gasteiger partial charge in [0.15, 0.2) is 5.78 Å². The van der Waals surface area contributed by atoms with Gasteiger partial charge in [0.25, 0.3) is 0 Å². The van der Waals surface area contributed by atoms with Crippen molar-refractivity contribution in [3.05, 3.63) is 39.8 Å². The quantitative estimate of drug-likeness (QED) is 0.271. The number of hydrogen-bond acceptors (Lipinski definition) is 5. The Bertz CT molecular complexity index is 607. The van der Waals surface area contributed by atoms with E-state index in [1.165, 1.54) is 7.11 Å². The summed E-state index contributed by atoms with van der Waals surface area (Å²) < 4.78 is 9.65. The van der Waals surface area contributed by atoms with E-state index in [-0.39, 0.29) is 6.42 Å². The van der Waals surface area contributed by atoms with E-state index >= 15 is 0 Å². The number of Topliss-reactive ketones (excluding diaryl/α,β-unsaturated/α-hetero) is 1. The number of ether oxygens (including phenoxy) is 2. The molecule has 2 rings (SSSR count). The predicted octanol–water partition coefficient (Wildman–Crippen LogP) is 1.66. The first kappa shape index (κ1) is 12.9. The molecule has 0 fully saturated rings. The lowest BCUT2D eigenvalue weighted by Crippen LogP contribution is -2.43. The van der Waals surface area contributed by atoms with Gasteiger partial charge in [0.05, 0.1) is 14.2 Å². The van der Waals surface area contributed by atoms with Gasteiger partial charge in [-0.05, 0) is 29.3 Å². The molecule has 1 aliphatic rings. The molecule has 0 radical (unpaired) electrons. The zero-order valence-electron chi connectivity index (χ0n) is 10.4. The fraction of sp³-hybridized carbons (Fsp3) is 0.333. The third-order valence-corrected chi connectivity index (χ3v) is 3.12. The van der Waals surface area contributed by atoms with E-state index < -0.39 is 17.3 Å². The molecular weight excluding hydrogens is 250 g/mol. The Morgan fingerprint density at radius 3 is 2.79 bits per heavy atom. The minimum Gasteiger partial charge on any atom is -0.497 e. The number of esters is 1. The van der Waals surface area contributed by atoms with E-state index in [9.17, 15) is 9.59 Å². The van der Waals surface area contributed by atoms with Crippen molar-refractivity contribution < 1.29 is 19.1 Å². The maximum atomic E-state index is 12.3. The van der Waals surface area contributed by atoms with E-state index in [1.54, 1.807) is 18.2 Å². The summed E-state index contributed by atoms with van der Waals surface area (Å²) in [5.74, 6) is -0.839. The summed E-state index contributed by atoms with van der Waals surface area (Å²) in [4.78, 5) is 26.7. The van der Waals surface area contributed by atoms with Crippen LogP contribution >= 0.6 is 0 Å². The summed E-state index contributed by atoms with van der Waals surface area (Å²) in [7, 11) is 2.65. The van der Waals surface area contributed by atoms with Crippen LogP contribution in [-0.4, -0.2) is 31.5 Å². The second kappa shape index (κ2) is 4.62. The van der Waals surface area contributed by atoms with Gasteiger partial charge in [0.1, 0.15) is 5.75 Å². The van der Waals surface area contributed by atoms with Crippen LogP contribution in [0.25, 0.3) is 10.4 Å². The van der Waals surface area contributed by atoms with Crippen molar-refractivity contribution in [2.45, 2.75) is 12.0 Å². The van der Waals surface area contributed by atoms with Gasteiger partial charge in [-0.1, -0.05) is 5.11 Å². The lowest BCUT2D eigenvalue weighted by Gasteiger charge is -2.17. The molecule has 19 heavy (non-hydrogen) atoms. The zero-order valence-corrected chi connectivity index (χ0v) is 10.4. The number of rotatable bonds is 3. The molecule has 7 heteroatoms. The number of nitrogens with zero attached hydrogens (tertiary/aromatic N) is 3. The fourth-order valence-electron chi connectivity index (χ4n) is 2.18. The van der Waals surface area contributed by atoms with E-state index in [4.69, 9.17) is 10.3 Å². The normalized spacial score (nSPS) is 20.4. The fourth-order valence-corrected chi connectivity index (χ4v) is 2.18. The van der Waals surface area contributed by atoms with Crippen LogP contribution in [0.2, 0.25) is 0 Å². The minimum atomic E-state index is -1.84. The molecule has 0 amide bonds. The highest BCUT2D eigenvalue weighted by molar-refractivity contribution is 6.20. The van der Waals surface area contributed by atoms with E-state index in [0.717, 1.165) is 7.11 Å². The van der Waals surface area contributed by atoms with Crippen molar-refractivity contribution in [2.24, 2.45) is 5.11 Å². The van der Waals surface area contributed by atoms with Gasteiger partial charge in [-0.25, -0.2) is 0 Å². The molecule has 7 nitrogen and oxygen atoms in total. The van der Waals surface area contributed by atoms with Crippen molar-refractivity contribution in [2.75, 3.05) is 14.2 Å². The Balaban J connectivity index is 2.56. The first-order chi connectivity index (χ1) is 9.08. The van der Waals surface area contributed by atoms with E-state index in [0.29, 0.717) is 16.9 Å². The van der Waals surface area contributed by atoms with Gasteiger partial charge in [0.2, 0.25) is 5.54 Å². The Hall–Kier alpha value is -2.53. The number of carbonyl (C=O) groups excluding carboxylic acids is 2. The van der Waals surface area contributed by atoms with Gasteiger partial charge >= 0.3 is 5.97 Å². The summed E-state index contributed by atoms with van der Waals surface area (Å²) >= 11 is 0. The van der Waals surface area contributed by atoms with Gasteiger partial charge in [-0.3, -0.25) is 9.59 Å². The van der Waals surface area contributed by atoms with Crippen LogP contribution in [0, 0.1) is 0 Å². The number of carbonyl (C=O) groups is 2.